The maximum Gasteiger partial charge on any atom is 0.272 e. The Kier molecular flexibility index (Phi) is 4.36. The number of nitrogens with two attached hydrogens (primary N) is 1. The van der Waals surface area contributed by atoms with E-state index in [2.05, 4.69) is 4.98 Å². The molecular formula is C13H22N4O. The van der Waals surface area contributed by atoms with Gasteiger partial charge in [-0.25, -0.2) is 4.98 Å². The second-order valence-electron chi connectivity index (χ2n) is 4.97. The fraction of sp³-hybridized carbons (Fsp3) is 0.692. The van der Waals surface area contributed by atoms with Crippen molar-refractivity contribution in [2.45, 2.75) is 38.1 Å². The molecule has 0 spiro atoms. The third-order valence-corrected chi connectivity index (χ3v) is 3.68. The molecule has 2 rings (SSSR count). The molecule has 0 radical (unpaired) electrons. The standard InChI is InChI=1S/C13H22N4O/c1-16-10-15-9-12(16)13(18)17(8-7-14)11-5-3-2-4-6-11/h9-11H,2-8,14H2,1H3. The van der Waals surface area contributed by atoms with E-state index in [1.807, 2.05) is 11.9 Å². The van der Waals surface area contributed by atoms with Crippen LogP contribution in [0.4, 0.5) is 0 Å². The molecule has 100 valence electrons. The summed E-state index contributed by atoms with van der Waals surface area (Å²) in [4.78, 5) is 18.5. The number of rotatable bonds is 4. The minimum Gasteiger partial charge on any atom is -0.333 e. The van der Waals surface area contributed by atoms with Crippen LogP contribution in [0.25, 0.3) is 0 Å². The smallest absolute Gasteiger partial charge is 0.272 e. The minimum atomic E-state index is 0.0624. The van der Waals surface area contributed by atoms with Crippen LogP contribution in [0.2, 0.25) is 0 Å². The highest BCUT2D eigenvalue weighted by Gasteiger charge is 2.26. The Bertz CT molecular complexity index is 395. The zero-order chi connectivity index (χ0) is 13.0. The van der Waals surface area contributed by atoms with Gasteiger partial charge >= 0.3 is 0 Å². The first-order valence-corrected chi connectivity index (χ1v) is 6.71. The van der Waals surface area contributed by atoms with Crippen molar-refractivity contribution in [1.29, 1.82) is 0 Å². The molecule has 0 saturated heterocycles. The molecule has 5 nitrogen and oxygen atoms in total. The lowest BCUT2D eigenvalue weighted by Crippen LogP contribution is -2.44. The maximum absolute atomic E-state index is 12.5. The molecule has 1 aromatic rings. The number of hydrogen-bond donors (Lipinski definition) is 1. The molecule has 1 amide bonds. The molecule has 18 heavy (non-hydrogen) atoms. The van der Waals surface area contributed by atoms with Crippen LogP contribution in [0.3, 0.4) is 0 Å². The van der Waals surface area contributed by atoms with E-state index in [-0.39, 0.29) is 5.91 Å². The van der Waals surface area contributed by atoms with Crippen molar-refractivity contribution < 1.29 is 4.79 Å². The van der Waals surface area contributed by atoms with Crippen molar-refractivity contribution in [2.75, 3.05) is 13.1 Å². The Morgan fingerprint density at radius 3 is 2.78 bits per heavy atom. The van der Waals surface area contributed by atoms with E-state index in [0.717, 1.165) is 12.8 Å². The van der Waals surface area contributed by atoms with Gasteiger partial charge in [0, 0.05) is 26.2 Å². The second-order valence-corrected chi connectivity index (χ2v) is 4.97. The summed E-state index contributed by atoms with van der Waals surface area (Å²) in [5, 5.41) is 0. The summed E-state index contributed by atoms with van der Waals surface area (Å²) in [6.07, 6.45) is 9.21. The molecule has 0 unspecified atom stereocenters. The predicted molar refractivity (Wildman–Crippen MR) is 70.2 cm³/mol. The zero-order valence-electron chi connectivity index (χ0n) is 11.0. The molecule has 0 atom stereocenters. The Balaban J connectivity index is 2.13. The first-order chi connectivity index (χ1) is 8.74. The highest BCUT2D eigenvalue weighted by Crippen LogP contribution is 2.23. The summed E-state index contributed by atoms with van der Waals surface area (Å²) in [5.74, 6) is 0.0624. The predicted octanol–water partition coefficient (Wildman–Crippen LogP) is 1.15. The van der Waals surface area contributed by atoms with Gasteiger partial charge in [-0.15, -0.1) is 0 Å². The number of nitrogens with zero attached hydrogens (tertiary/aromatic N) is 3. The molecular weight excluding hydrogens is 228 g/mol. The van der Waals surface area contributed by atoms with Crippen LogP contribution in [-0.2, 0) is 7.05 Å². The van der Waals surface area contributed by atoms with Crippen LogP contribution < -0.4 is 5.73 Å². The molecule has 1 fully saturated rings. The van der Waals surface area contributed by atoms with Gasteiger partial charge in [0.1, 0.15) is 5.69 Å². The van der Waals surface area contributed by atoms with E-state index in [4.69, 9.17) is 5.73 Å². The molecule has 0 bridgehead atoms. The van der Waals surface area contributed by atoms with Gasteiger partial charge in [0.2, 0.25) is 0 Å². The van der Waals surface area contributed by atoms with Gasteiger partial charge in [-0.05, 0) is 12.8 Å². The zero-order valence-corrected chi connectivity index (χ0v) is 11.0. The Morgan fingerprint density at radius 1 is 1.50 bits per heavy atom. The molecule has 1 heterocycles. The molecule has 0 aliphatic heterocycles. The van der Waals surface area contributed by atoms with E-state index >= 15 is 0 Å². The summed E-state index contributed by atoms with van der Waals surface area (Å²) >= 11 is 0. The Morgan fingerprint density at radius 2 is 2.22 bits per heavy atom. The van der Waals surface area contributed by atoms with E-state index < -0.39 is 0 Å². The normalized spacial score (nSPS) is 16.8. The van der Waals surface area contributed by atoms with Crippen molar-refractivity contribution in [2.24, 2.45) is 12.8 Å². The molecule has 1 aromatic heterocycles. The van der Waals surface area contributed by atoms with Crippen LogP contribution >= 0.6 is 0 Å². The van der Waals surface area contributed by atoms with Crippen molar-refractivity contribution in [3.8, 4) is 0 Å². The van der Waals surface area contributed by atoms with Gasteiger partial charge in [-0.2, -0.15) is 0 Å². The number of carbonyl (C=O) groups excluding carboxylic acids is 1. The topological polar surface area (TPSA) is 64.2 Å². The lowest BCUT2D eigenvalue weighted by atomic mass is 9.94. The average molecular weight is 250 g/mol. The molecule has 1 aliphatic rings. The molecule has 2 N–H and O–H groups in total. The summed E-state index contributed by atoms with van der Waals surface area (Å²) in [5.41, 5.74) is 6.30. The SMILES string of the molecule is Cn1cncc1C(=O)N(CCN)C1CCCCC1. The first kappa shape index (κ1) is 13.1. The van der Waals surface area contributed by atoms with Crippen LogP contribution in [0.1, 0.15) is 42.6 Å². The fourth-order valence-corrected chi connectivity index (χ4v) is 2.69. The Labute approximate surface area is 108 Å². The summed E-state index contributed by atoms with van der Waals surface area (Å²) in [7, 11) is 1.85. The van der Waals surface area contributed by atoms with E-state index in [1.54, 1.807) is 17.1 Å². The van der Waals surface area contributed by atoms with Gasteiger partial charge < -0.3 is 15.2 Å². The van der Waals surface area contributed by atoms with Gasteiger partial charge in [0.05, 0.1) is 12.5 Å². The number of amides is 1. The molecule has 0 aromatic carbocycles. The van der Waals surface area contributed by atoms with Crippen LogP contribution in [0, 0.1) is 0 Å². The van der Waals surface area contributed by atoms with Crippen molar-refractivity contribution in [1.82, 2.24) is 14.5 Å². The number of imidazole rings is 1. The van der Waals surface area contributed by atoms with Crippen LogP contribution in [0.15, 0.2) is 12.5 Å². The minimum absolute atomic E-state index is 0.0624. The third kappa shape index (κ3) is 2.72. The van der Waals surface area contributed by atoms with Crippen LogP contribution in [0.5, 0.6) is 0 Å². The maximum atomic E-state index is 12.5. The lowest BCUT2D eigenvalue weighted by Gasteiger charge is -2.34. The van der Waals surface area contributed by atoms with E-state index in [0.29, 0.717) is 24.8 Å². The largest absolute Gasteiger partial charge is 0.333 e. The van der Waals surface area contributed by atoms with E-state index in [9.17, 15) is 4.79 Å². The first-order valence-electron chi connectivity index (χ1n) is 6.71. The highest BCUT2D eigenvalue weighted by molar-refractivity contribution is 5.92. The fourth-order valence-electron chi connectivity index (χ4n) is 2.69. The molecule has 1 saturated carbocycles. The van der Waals surface area contributed by atoms with Gasteiger partial charge in [0.15, 0.2) is 0 Å². The van der Waals surface area contributed by atoms with Gasteiger partial charge in [-0.3, -0.25) is 4.79 Å². The van der Waals surface area contributed by atoms with Crippen LogP contribution in [-0.4, -0.2) is 39.5 Å². The van der Waals surface area contributed by atoms with Crippen molar-refractivity contribution in [3.63, 3.8) is 0 Å². The van der Waals surface area contributed by atoms with Crippen molar-refractivity contribution >= 4 is 5.91 Å². The second kappa shape index (κ2) is 6.00. The summed E-state index contributed by atoms with van der Waals surface area (Å²) in [6.45, 7) is 1.15. The molecule has 5 heteroatoms. The summed E-state index contributed by atoms with van der Waals surface area (Å²) < 4.78 is 1.77. The third-order valence-electron chi connectivity index (χ3n) is 3.68. The average Bonchev–Trinajstić information content (AvgIpc) is 2.82. The lowest BCUT2D eigenvalue weighted by molar-refractivity contribution is 0.0632. The molecule has 1 aliphatic carbocycles. The number of aromatic nitrogens is 2. The quantitative estimate of drug-likeness (QED) is 0.872. The Hall–Kier alpha value is -1.36. The number of hydrogen-bond acceptors (Lipinski definition) is 3. The monoisotopic (exact) mass is 250 g/mol. The number of aryl methyl sites for hydroxylation is 1. The highest BCUT2D eigenvalue weighted by atomic mass is 16.2. The summed E-state index contributed by atoms with van der Waals surface area (Å²) in [6, 6.07) is 0.352. The van der Waals surface area contributed by atoms with Gasteiger partial charge in [0.25, 0.3) is 5.91 Å². The van der Waals surface area contributed by atoms with Gasteiger partial charge in [-0.1, -0.05) is 19.3 Å². The number of carbonyl (C=O) groups is 1. The van der Waals surface area contributed by atoms with Crippen molar-refractivity contribution in [3.05, 3.63) is 18.2 Å². The van der Waals surface area contributed by atoms with E-state index in [1.165, 1.54) is 19.3 Å².